The molecule has 1 aromatic carbocycles. The summed E-state index contributed by atoms with van der Waals surface area (Å²) in [5, 5.41) is 7.62. The topological polar surface area (TPSA) is 35.2 Å². The van der Waals surface area contributed by atoms with Crippen LogP contribution in [0.25, 0.3) is 11.3 Å². The largest absolute Gasteiger partial charge is 0.302 e. The van der Waals surface area contributed by atoms with Crippen LogP contribution in [-0.2, 0) is 6.54 Å². The summed E-state index contributed by atoms with van der Waals surface area (Å²) in [6.07, 6.45) is 4.03. The second kappa shape index (κ2) is 7.07. The molecule has 0 radical (unpaired) electrons. The van der Waals surface area contributed by atoms with Crippen molar-refractivity contribution in [2.24, 2.45) is 0 Å². The van der Waals surface area contributed by atoms with Gasteiger partial charge in [0, 0.05) is 30.4 Å². The predicted octanol–water partition coefficient (Wildman–Crippen LogP) is 2.99. The van der Waals surface area contributed by atoms with E-state index in [0.29, 0.717) is 6.04 Å². The molecule has 4 heteroatoms. The van der Waals surface area contributed by atoms with E-state index in [1.165, 1.54) is 37.1 Å². The molecule has 1 aliphatic heterocycles. The Labute approximate surface area is 133 Å². The first-order valence-corrected chi connectivity index (χ1v) is 8.21. The molecule has 22 heavy (non-hydrogen) atoms. The number of piperidine rings is 1. The van der Waals surface area contributed by atoms with E-state index in [-0.39, 0.29) is 0 Å². The highest BCUT2D eigenvalue weighted by Crippen LogP contribution is 2.19. The zero-order chi connectivity index (χ0) is 15.4. The van der Waals surface area contributed by atoms with Gasteiger partial charge in [-0.25, -0.2) is 0 Å². The van der Waals surface area contributed by atoms with Crippen molar-refractivity contribution in [2.75, 3.05) is 27.2 Å². The highest BCUT2D eigenvalue weighted by atomic mass is 15.2. The average Bonchev–Trinajstić information content (AvgIpc) is 2.99. The van der Waals surface area contributed by atoms with Crippen molar-refractivity contribution in [3.8, 4) is 11.3 Å². The number of nitrogens with zero attached hydrogens (tertiary/aromatic N) is 3. The second-order valence-electron chi connectivity index (χ2n) is 6.47. The molecule has 0 aliphatic carbocycles. The van der Waals surface area contributed by atoms with Crippen LogP contribution in [0.15, 0.2) is 36.4 Å². The Morgan fingerprint density at radius 3 is 2.86 bits per heavy atom. The lowest BCUT2D eigenvalue weighted by Crippen LogP contribution is -2.43. The summed E-state index contributed by atoms with van der Waals surface area (Å²) in [7, 11) is 4.45. The molecule has 0 spiro atoms. The van der Waals surface area contributed by atoms with Crippen LogP contribution in [0.2, 0.25) is 0 Å². The maximum absolute atomic E-state index is 4.44. The summed E-state index contributed by atoms with van der Waals surface area (Å²) < 4.78 is 0. The van der Waals surface area contributed by atoms with Crippen molar-refractivity contribution in [3.63, 3.8) is 0 Å². The van der Waals surface area contributed by atoms with Crippen LogP contribution in [0.1, 0.15) is 25.0 Å². The molecule has 0 saturated carbocycles. The van der Waals surface area contributed by atoms with E-state index in [1.807, 2.05) is 6.07 Å². The maximum Gasteiger partial charge on any atom is 0.0924 e. The number of aromatic amines is 1. The van der Waals surface area contributed by atoms with Crippen molar-refractivity contribution in [3.05, 3.63) is 42.1 Å². The van der Waals surface area contributed by atoms with Crippen LogP contribution >= 0.6 is 0 Å². The van der Waals surface area contributed by atoms with Gasteiger partial charge in [0.25, 0.3) is 0 Å². The van der Waals surface area contributed by atoms with Crippen molar-refractivity contribution < 1.29 is 0 Å². The van der Waals surface area contributed by atoms with E-state index in [2.05, 4.69) is 64.4 Å². The summed E-state index contributed by atoms with van der Waals surface area (Å²) in [4.78, 5) is 4.90. The molecule has 1 saturated heterocycles. The van der Waals surface area contributed by atoms with Gasteiger partial charge in [-0.3, -0.25) is 10.00 Å². The molecule has 1 atom stereocenters. The minimum Gasteiger partial charge on any atom is -0.302 e. The minimum absolute atomic E-state index is 0.690. The van der Waals surface area contributed by atoms with Gasteiger partial charge in [-0.1, -0.05) is 36.8 Å². The Morgan fingerprint density at radius 2 is 2.09 bits per heavy atom. The molecule has 0 amide bonds. The molecule has 1 aromatic heterocycles. The standard InChI is InChI=1S/C18H26N4/c1-21(14-17-10-6-7-11-22(17)2)13-16-12-18(20-19-16)15-8-4-3-5-9-15/h3-5,8-9,12,17H,6-7,10-11,13-14H2,1-2H3,(H,19,20)/t17-/m0/s1. The fourth-order valence-corrected chi connectivity index (χ4v) is 3.29. The third kappa shape index (κ3) is 3.76. The van der Waals surface area contributed by atoms with Gasteiger partial charge < -0.3 is 4.90 Å². The monoisotopic (exact) mass is 298 g/mol. The number of likely N-dealkylation sites (N-methyl/N-ethyl adjacent to an activating group) is 2. The van der Waals surface area contributed by atoms with Crippen molar-refractivity contribution in [1.82, 2.24) is 20.0 Å². The third-order valence-electron chi connectivity index (χ3n) is 4.58. The number of hydrogen-bond acceptors (Lipinski definition) is 3. The number of rotatable bonds is 5. The van der Waals surface area contributed by atoms with Gasteiger partial charge in [0.05, 0.1) is 5.69 Å². The van der Waals surface area contributed by atoms with Gasteiger partial charge in [0.15, 0.2) is 0 Å². The molecule has 3 rings (SSSR count). The van der Waals surface area contributed by atoms with Gasteiger partial charge in [-0.2, -0.15) is 5.10 Å². The average molecular weight is 298 g/mol. The van der Waals surface area contributed by atoms with Crippen LogP contribution in [0, 0.1) is 0 Å². The molecule has 1 fully saturated rings. The molecular weight excluding hydrogens is 272 g/mol. The maximum atomic E-state index is 4.44. The van der Waals surface area contributed by atoms with Gasteiger partial charge in [-0.05, 0) is 39.5 Å². The van der Waals surface area contributed by atoms with E-state index in [4.69, 9.17) is 0 Å². The molecule has 4 nitrogen and oxygen atoms in total. The van der Waals surface area contributed by atoms with Crippen molar-refractivity contribution in [2.45, 2.75) is 31.8 Å². The van der Waals surface area contributed by atoms with E-state index in [1.54, 1.807) is 0 Å². The van der Waals surface area contributed by atoms with E-state index < -0.39 is 0 Å². The number of H-pyrrole nitrogens is 1. The normalized spacial score (nSPS) is 19.7. The zero-order valence-corrected chi connectivity index (χ0v) is 13.6. The smallest absolute Gasteiger partial charge is 0.0924 e. The van der Waals surface area contributed by atoms with Crippen LogP contribution < -0.4 is 0 Å². The highest BCUT2D eigenvalue weighted by Gasteiger charge is 2.20. The Balaban J connectivity index is 1.58. The number of likely N-dealkylation sites (tertiary alicyclic amines) is 1. The molecule has 118 valence electrons. The first-order valence-electron chi connectivity index (χ1n) is 8.21. The lowest BCUT2D eigenvalue weighted by molar-refractivity contribution is 0.138. The van der Waals surface area contributed by atoms with E-state index in [0.717, 1.165) is 18.8 Å². The summed E-state index contributed by atoms with van der Waals surface area (Å²) >= 11 is 0. The van der Waals surface area contributed by atoms with Crippen LogP contribution in [-0.4, -0.2) is 53.2 Å². The van der Waals surface area contributed by atoms with Gasteiger partial charge in [-0.15, -0.1) is 0 Å². The second-order valence-corrected chi connectivity index (χ2v) is 6.47. The van der Waals surface area contributed by atoms with Crippen LogP contribution in [0.5, 0.6) is 0 Å². The molecule has 0 bridgehead atoms. The Bertz CT molecular complexity index is 578. The Hall–Kier alpha value is -1.65. The molecule has 1 N–H and O–H groups in total. The molecular formula is C18H26N4. The SMILES string of the molecule is CN(Cc1cc(-c2ccccc2)n[nH]1)C[C@@H]1CCCCN1C. The molecule has 0 unspecified atom stereocenters. The zero-order valence-electron chi connectivity index (χ0n) is 13.6. The van der Waals surface area contributed by atoms with E-state index in [9.17, 15) is 0 Å². The minimum atomic E-state index is 0.690. The Morgan fingerprint density at radius 1 is 1.27 bits per heavy atom. The lowest BCUT2D eigenvalue weighted by Gasteiger charge is -2.35. The quantitative estimate of drug-likeness (QED) is 0.921. The van der Waals surface area contributed by atoms with Gasteiger partial charge in [0.2, 0.25) is 0 Å². The number of benzene rings is 1. The molecule has 1 aliphatic rings. The number of hydrogen-bond donors (Lipinski definition) is 1. The first kappa shape index (κ1) is 15.3. The summed E-state index contributed by atoms with van der Waals surface area (Å²) in [6, 6.07) is 13.2. The summed E-state index contributed by atoms with van der Waals surface area (Å²) in [6.45, 7) is 3.28. The summed E-state index contributed by atoms with van der Waals surface area (Å²) in [5.41, 5.74) is 3.37. The van der Waals surface area contributed by atoms with Gasteiger partial charge in [0.1, 0.15) is 0 Å². The fourth-order valence-electron chi connectivity index (χ4n) is 3.29. The lowest BCUT2D eigenvalue weighted by atomic mass is 10.0. The van der Waals surface area contributed by atoms with Crippen molar-refractivity contribution in [1.29, 1.82) is 0 Å². The van der Waals surface area contributed by atoms with Crippen molar-refractivity contribution >= 4 is 0 Å². The summed E-state index contributed by atoms with van der Waals surface area (Å²) in [5.74, 6) is 0. The third-order valence-corrected chi connectivity index (χ3v) is 4.58. The van der Waals surface area contributed by atoms with E-state index >= 15 is 0 Å². The Kier molecular flexibility index (Phi) is 4.90. The molecule has 2 heterocycles. The van der Waals surface area contributed by atoms with Gasteiger partial charge >= 0.3 is 0 Å². The highest BCUT2D eigenvalue weighted by molar-refractivity contribution is 5.58. The van der Waals surface area contributed by atoms with Crippen LogP contribution in [0.3, 0.4) is 0 Å². The fraction of sp³-hybridized carbons (Fsp3) is 0.500. The number of nitrogens with one attached hydrogen (secondary N) is 1. The molecule has 2 aromatic rings. The predicted molar refractivity (Wildman–Crippen MR) is 90.6 cm³/mol. The van der Waals surface area contributed by atoms with Crippen LogP contribution in [0.4, 0.5) is 0 Å². The first-order chi connectivity index (χ1) is 10.7. The number of aromatic nitrogens is 2.